The van der Waals surface area contributed by atoms with Crippen LogP contribution in [-0.2, 0) is 12.8 Å². The zero-order chi connectivity index (χ0) is 24.0. The Balaban J connectivity index is 1.41. The van der Waals surface area contributed by atoms with Crippen LogP contribution in [0.15, 0.2) is 36.4 Å². The molecule has 7 heteroatoms. The van der Waals surface area contributed by atoms with Crippen LogP contribution >= 0.6 is 34.8 Å². The molecular formula is C28H32N4S3. The number of hydrogen-bond donors (Lipinski definition) is 0. The Morgan fingerprint density at radius 2 is 0.971 bits per heavy atom. The highest BCUT2D eigenvalue weighted by Crippen LogP contribution is 2.40. The summed E-state index contributed by atoms with van der Waals surface area (Å²) >= 11 is 4.46. The van der Waals surface area contributed by atoms with Crippen molar-refractivity contribution < 1.29 is 0 Å². The molecule has 0 fully saturated rings. The first kappa shape index (κ1) is 24.5. The highest BCUT2D eigenvalue weighted by atomic mass is 32.1. The van der Waals surface area contributed by atoms with Crippen molar-refractivity contribution in [2.24, 2.45) is 0 Å². The third-order valence-corrected chi connectivity index (χ3v) is 8.94. The van der Waals surface area contributed by atoms with Crippen molar-refractivity contribution in [3.63, 3.8) is 0 Å². The largest absolute Gasteiger partial charge is 0.173 e. The van der Waals surface area contributed by atoms with E-state index in [0.29, 0.717) is 0 Å². The first-order valence-corrected chi connectivity index (χ1v) is 15.2. The lowest BCUT2D eigenvalue weighted by atomic mass is 10.0. The molecule has 35 heavy (non-hydrogen) atoms. The number of aryl methyl sites for hydroxylation is 2. The highest BCUT2D eigenvalue weighted by Gasteiger charge is 2.17. The van der Waals surface area contributed by atoms with Crippen LogP contribution in [0, 0.1) is 0 Å². The molecule has 2 aromatic carbocycles. The molecule has 0 aliphatic carbocycles. The molecule has 0 N–H and O–H groups in total. The van der Waals surface area contributed by atoms with Gasteiger partial charge in [0.2, 0.25) is 0 Å². The lowest BCUT2D eigenvalue weighted by molar-refractivity contribution is 0.668. The Morgan fingerprint density at radius 1 is 0.514 bits per heavy atom. The normalized spacial score (nSPS) is 11.7. The number of benzene rings is 2. The van der Waals surface area contributed by atoms with Gasteiger partial charge in [-0.15, -0.1) is 11.3 Å². The number of aromatic nitrogens is 4. The zero-order valence-electron chi connectivity index (χ0n) is 20.5. The van der Waals surface area contributed by atoms with Crippen LogP contribution in [0.5, 0.6) is 0 Å². The summed E-state index contributed by atoms with van der Waals surface area (Å²) in [5.74, 6) is 0. The third kappa shape index (κ3) is 5.32. The first-order valence-electron chi connectivity index (χ1n) is 12.9. The summed E-state index contributed by atoms with van der Waals surface area (Å²) < 4.78 is 18.7. The van der Waals surface area contributed by atoms with Crippen LogP contribution in [0.25, 0.3) is 42.9 Å². The Bertz CT molecular complexity index is 1290. The van der Waals surface area contributed by atoms with Crippen molar-refractivity contribution in [1.29, 1.82) is 0 Å². The molecule has 182 valence electrons. The molecule has 0 unspecified atom stereocenters. The second kappa shape index (κ2) is 11.7. The van der Waals surface area contributed by atoms with Crippen molar-refractivity contribution in [2.75, 3.05) is 0 Å². The average molecular weight is 521 g/mol. The van der Waals surface area contributed by atoms with Crippen LogP contribution < -0.4 is 0 Å². The molecule has 0 amide bonds. The topological polar surface area (TPSA) is 51.6 Å². The number of rotatable bonds is 12. The van der Waals surface area contributed by atoms with E-state index in [2.05, 4.69) is 59.0 Å². The minimum atomic E-state index is 1.04. The molecule has 5 rings (SSSR count). The average Bonchev–Trinajstić information content (AvgIpc) is 3.65. The standard InChI is InChI=1S/C28H32N4S3/c1-3-5-7-9-11-19-13-15-21(27-25(19)29-34-31-27)23-17-18-24(33-23)22-16-14-20(12-10-8-6-4-2)26-28(22)32-35-30-26/h13-18H,3-12H2,1-2H3. The quantitative estimate of drug-likeness (QED) is 0.154. The summed E-state index contributed by atoms with van der Waals surface area (Å²) in [5.41, 5.74) is 9.27. The van der Waals surface area contributed by atoms with Gasteiger partial charge in [-0.05, 0) is 48.9 Å². The monoisotopic (exact) mass is 520 g/mol. The summed E-state index contributed by atoms with van der Waals surface area (Å²) in [6.45, 7) is 4.51. The molecule has 0 atom stereocenters. The Hall–Kier alpha value is -2.22. The lowest BCUT2D eigenvalue weighted by Crippen LogP contribution is -1.90. The summed E-state index contributed by atoms with van der Waals surface area (Å²) in [5, 5.41) is 0. The van der Waals surface area contributed by atoms with Gasteiger partial charge in [-0.3, -0.25) is 0 Å². The molecule has 3 heterocycles. The summed E-state index contributed by atoms with van der Waals surface area (Å²) in [6.07, 6.45) is 12.3. The maximum Gasteiger partial charge on any atom is 0.113 e. The van der Waals surface area contributed by atoms with Crippen LogP contribution in [0.1, 0.15) is 76.3 Å². The van der Waals surface area contributed by atoms with E-state index in [4.69, 9.17) is 8.75 Å². The van der Waals surface area contributed by atoms with E-state index in [1.165, 1.54) is 107 Å². The van der Waals surface area contributed by atoms with Crippen molar-refractivity contribution in [1.82, 2.24) is 17.5 Å². The number of nitrogens with zero attached hydrogens (tertiary/aromatic N) is 4. The molecule has 0 bridgehead atoms. The van der Waals surface area contributed by atoms with E-state index < -0.39 is 0 Å². The van der Waals surface area contributed by atoms with Gasteiger partial charge in [0.1, 0.15) is 22.1 Å². The van der Waals surface area contributed by atoms with E-state index in [9.17, 15) is 0 Å². The predicted molar refractivity (Wildman–Crippen MR) is 153 cm³/mol. The summed E-state index contributed by atoms with van der Waals surface area (Å²) in [6, 6.07) is 13.5. The van der Waals surface area contributed by atoms with Crippen molar-refractivity contribution in [3.8, 4) is 20.9 Å². The van der Waals surface area contributed by atoms with Crippen LogP contribution in [0.3, 0.4) is 0 Å². The minimum absolute atomic E-state index is 1.04. The fourth-order valence-corrected chi connectivity index (χ4v) is 6.99. The van der Waals surface area contributed by atoms with Crippen LogP contribution in [0.2, 0.25) is 0 Å². The summed E-state index contributed by atoms with van der Waals surface area (Å²) in [4.78, 5) is 2.46. The van der Waals surface area contributed by atoms with Crippen molar-refractivity contribution in [3.05, 3.63) is 47.5 Å². The maximum absolute atomic E-state index is 4.69. The van der Waals surface area contributed by atoms with E-state index in [1.54, 1.807) is 0 Å². The van der Waals surface area contributed by atoms with Gasteiger partial charge in [0.15, 0.2) is 0 Å². The molecule has 3 aromatic heterocycles. The molecule has 0 aliphatic heterocycles. The van der Waals surface area contributed by atoms with Gasteiger partial charge in [-0.2, -0.15) is 17.5 Å². The lowest BCUT2D eigenvalue weighted by Gasteiger charge is -2.06. The second-order valence-electron chi connectivity index (χ2n) is 9.25. The molecular weight excluding hydrogens is 489 g/mol. The van der Waals surface area contributed by atoms with Gasteiger partial charge in [0.25, 0.3) is 0 Å². The van der Waals surface area contributed by atoms with Gasteiger partial charge in [0.05, 0.1) is 23.5 Å². The molecule has 0 spiro atoms. The van der Waals surface area contributed by atoms with Gasteiger partial charge >= 0.3 is 0 Å². The smallest absolute Gasteiger partial charge is 0.113 e. The van der Waals surface area contributed by atoms with E-state index in [1.807, 2.05) is 11.3 Å². The number of thiophene rings is 1. The highest BCUT2D eigenvalue weighted by molar-refractivity contribution is 7.19. The maximum atomic E-state index is 4.69. The Morgan fingerprint density at radius 3 is 1.43 bits per heavy atom. The first-order chi connectivity index (χ1) is 17.3. The molecule has 0 radical (unpaired) electrons. The summed E-state index contributed by atoms with van der Waals surface area (Å²) in [7, 11) is 0. The minimum Gasteiger partial charge on any atom is -0.173 e. The fourth-order valence-electron chi connectivity index (χ4n) is 4.75. The molecule has 0 aliphatic rings. The van der Waals surface area contributed by atoms with Gasteiger partial charge in [-0.25, -0.2) is 0 Å². The second-order valence-corrected chi connectivity index (χ2v) is 11.4. The van der Waals surface area contributed by atoms with E-state index >= 15 is 0 Å². The predicted octanol–water partition coefficient (Wildman–Crippen LogP) is 9.34. The van der Waals surface area contributed by atoms with Gasteiger partial charge in [0, 0.05) is 20.9 Å². The Kier molecular flexibility index (Phi) is 8.16. The van der Waals surface area contributed by atoms with Crippen molar-refractivity contribution in [2.45, 2.75) is 78.1 Å². The van der Waals surface area contributed by atoms with Gasteiger partial charge < -0.3 is 0 Å². The van der Waals surface area contributed by atoms with E-state index in [-0.39, 0.29) is 0 Å². The zero-order valence-corrected chi connectivity index (χ0v) is 23.0. The van der Waals surface area contributed by atoms with Crippen LogP contribution in [-0.4, -0.2) is 17.5 Å². The van der Waals surface area contributed by atoms with Crippen LogP contribution in [0.4, 0.5) is 0 Å². The number of unbranched alkanes of at least 4 members (excludes halogenated alkanes) is 6. The fraction of sp³-hybridized carbons (Fsp3) is 0.429. The SMILES string of the molecule is CCCCCCc1ccc(-c2ccc(-c3ccc(CCCCCC)c4nsnc34)s2)c2nsnc12. The third-order valence-electron chi connectivity index (χ3n) is 6.73. The molecule has 4 nitrogen and oxygen atoms in total. The Labute approximate surface area is 220 Å². The van der Waals surface area contributed by atoms with E-state index in [0.717, 1.165) is 34.9 Å². The van der Waals surface area contributed by atoms with Crippen molar-refractivity contribution >= 4 is 56.9 Å². The van der Waals surface area contributed by atoms with Gasteiger partial charge in [-0.1, -0.05) is 76.6 Å². The number of fused-ring (bicyclic) bond motifs is 2. The number of hydrogen-bond acceptors (Lipinski definition) is 7. The molecule has 5 aromatic rings. The molecule has 0 saturated heterocycles. The molecule has 0 saturated carbocycles.